The van der Waals surface area contributed by atoms with Crippen molar-refractivity contribution in [3.63, 3.8) is 0 Å². The van der Waals surface area contributed by atoms with E-state index in [0.717, 1.165) is 29.8 Å². The van der Waals surface area contributed by atoms with E-state index >= 15 is 0 Å². The van der Waals surface area contributed by atoms with Gasteiger partial charge in [0.1, 0.15) is 0 Å². The van der Waals surface area contributed by atoms with Crippen LogP contribution in [0.5, 0.6) is 0 Å². The number of nitrogens with zero attached hydrogens (tertiary/aromatic N) is 1. The number of aryl methyl sites for hydroxylation is 2. The molecule has 0 aliphatic heterocycles. The first-order valence-electron chi connectivity index (χ1n) is 6.06. The maximum Gasteiger partial charge on any atom is 0.229 e. The summed E-state index contributed by atoms with van der Waals surface area (Å²) < 4.78 is 0. The molecular weight excluding hydrogens is 234 g/mol. The van der Waals surface area contributed by atoms with Crippen molar-refractivity contribution in [3.8, 4) is 0 Å². The Hall–Kier alpha value is -0.940. The quantitative estimate of drug-likeness (QED) is 0.866. The highest BCUT2D eigenvalue weighted by molar-refractivity contribution is 7.15. The molecule has 17 heavy (non-hydrogen) atoms. The maximum atomic E-state index is 12.1. The van der Waals surface area contributed by atoms with E-state index in [1.807, 2.05) is 13.8 Å². The highest BCUT2D eigenvalue weighted by Crippen LogP contribution is 2.32. The molecule has 3 N–H and O–H groups in total. The van der Waals surface area contributed by atoms with Crippen LogP contribution in [0.4, 0.5) is 5.13 Å². The van der Waals surface area contributed by atoms with Crippen LogP contribution in [0.25, 0.3) is 0 Å². The Morgan fingerprint density at radius 1 is 1.53 bits per heavy atom. The van der Waals surface area contributed by atoms with Gasteiger partial charge in [-0.15, -0.1) is 11.3 Å². The lowest BCUT2D eigenvalue weighted by Crippen LogP contribution is -2.29. The van der Waals surface area contributed by atoms with Crippen molar-refractivity contribution < 1.29 is 4.79 Å². The van der Waals surface area contributed by atoms with E-state index in [9.17, 15) is 4.79 Å². The van der Waals surface area contributed by atoms with Gasteiger partial charge in [-0.3, -0.25) is 4.79 Å². The highest BCUT2D eigenvalue weighted by Gasteiger charge is 2.32. The van der Waals surface area contributed by atoms with Gasteiger partial charge < -0.3 is 11.1 Å². The molecule has 4 nitrogen and oxygen atoms in total. The number of hydrogen-bond acceptors (Lipinski definition) is 4. The average molecular weight is 253 g/mol. The number of rotatable bonds is 3. The number of nitrogens with one attached hydrogen (secondary N) is 1. The average Bonchev–Trinajstić information content (AvgIpc) is 2.86. The van der Waals surface area contributed by atoms with E-state index < -0.39 is 0 Å². The lowest BCUT2D eigenvalue weighted by atomic mass is 9.95. The molecule has 94 valence electrons. The van der Waals surface area contributed by atoms with Gasteiger partial charge in [0.2, 0.25) is 5.91 Å². The predicted molar refractivity (Wildman–Crippen MR) is 70.1 cm³/mol. The molecule has 0 saturated heterocycles. The number of amides is 1. The standard InChI is InChI=1S/C12H19N3OS/c1-7-8(2)17-12(14-7)15-11(16)10-5-3-4-9(10)6-13/h9-10H,3-6,13H2,1-2H3,(H,14,15,16). The van der Waals surface area contributed by atoms with Gasteiger partial charge in [-0.2, -0.15) is 0 Å². The molecule has 1 aromatic heterocycles. The van der Waals surface area contributed by atoms with Gasteiger partial charge in [0.05, 0.1) is 5.69 Å². The molecule has 0 spiro atoms. The summed E-state index contributed by atoms with van der Waals surface area (Å²) in [6.07, 6.45) is 3.14. The van der Waals surface area contributed by atoms with Gasteiger partial charge in [0.15, 0.2) is 5.13 Å². The first-order chi connectivity index (χ1) is 8.11. The fourth-order valence-corrected chi connectivity index (χ4v) is 3.21. The smallest absolute Gasteiger partial charge is 0.229 e. The van der Waals surface area contributed by atoms with Crippen molar-refractivity contribution in [2.45, 2.75) is 33.1 Å². The molecular formula is C12H19N3OS. The number of thiazole rings is 1. The van der Waals surface area contributed by atoms with Crippen LogP contribution in [0.3, 0.4) is 0 Å². The zero-order valence-electron chi connectivity index (χ0n) is 10.3. The minimum Gasteiger partial charge on any atom is -0.330 e. The van der Waals surface area contributed by atoms with Crippen LogP contribution in [0.2, 0.25) is 0 Å². The molecule has 0 aromatic carbocycles. The van der Waals surface area contributed by atoms with Crippen LogP contribution in [0, 0.1) is 25.7 Å². The zero-order valence-corrected chi connectivity index (χ0v) is 11.1. The third-order valence-electron chi connectivity index (χ3n) is 3.56. The van der Waals surface area contributed by atoms with Crippen LogP contribution in [0.1, 0.15) is 29.8 Å². The van der Waals surface area contributed by atoms with Crippen LogP contribution >= 0.6 is 11.3 Å². The Labute approximate surface area is 106 Å². The molecule has 1 aliphatic carbocycles. The number of carbonyl (C=O) groups is 1. The van der Waals surface area contributed by atoms with Gasteiger partial charge in [0.25, 0.3) is 0 Å². The summed E-state index contributed by atoms with van der Waals surface area (Å²) in [6, 6.07) is 0. The van der Waals surface area contributed by atoms with E-state index in [2.05, 4.69) is 10.3 Å². The molecule has 0 radical (unpaired) electrons. The Morgan fingerprint density at radius 2 is 2.29 bits per heavy atom. The Bertz CT molecular complexity index is 396. The van der Waals surface area contributed by atoms with Crippen molar-refractivity contribution in [3.05, 3.63) is 10.6 Å². The SMILES string of the molecule is Cc1nc(NC(=O)C2CCCC2CN)sc1C. The lowest BCUT2D eigenvalue weighted by Gasteiger charge is -2.16. The summed E-state index contributed by atoms with van der Waals surface area (Å²) in [4.78, 5) is 17.6. The van der Waals surface area contributed by atoms with E-state index in [4.69, 9.17) is 5.73 Å². The maximum absolute atomic E-state index is 12.1. The molecule has 0 bridgehead atoms. The van der Waals surface area contributed by atoms with Crippen molar-refractivity contribution in [2.24, 2.45) is 17.6 Å². The zero-order chi connectivity index (χ0) is 12.4. The van der Waals surface area contributed by atoms with E-state index in [0.29, 0.717) is 17.6 Å². The third-order valence-corrected chi connectivity index (χ3v) is 4.55. The molecule has 2 unspecified atom stereocenters. The first-order valence-corrected chi connectivity index (χ1v) is 6.88. The Kier molecular flexibility index (Phi) is 3.79. The van der Waals surface area contributed by atoms with Gasteiger partial charge in [-0.1, -0.05) is 6.42 Å². The molecule has 1 aliphatic rings. The van der Waals surface area contributed by atoms with E-state index in [1.54, 1.807) is 0 Å². The van der Waals surface area contributed by atoms with Crippen LogP contribution in [-0.2, 0) is 4.79 Å². The van der Waals surface area contributed by atoms with Gasteiger partial charge in [-0.05, 0) is 39.2 Å². The summed E-state index contributed by atoms with van der Waals surface area (Å²) >= 11 is 1.54. The second-order valence-electron chi connectivity index (χ2n) is 4.68. The van der Waals surface area contributed by atoms with Gasteiger partial charge in [-0.25, -0.2) is 4.98 Å². The second-order valence-corrected chi connectivity index (χ2v) is 5.89. The van der Waals surface area contributed by atoms with Crippen molar-refractivity contribution >= 4 is 22.4 Å². The first kappa shape index (κ1) is 12.5. The molecule has 1 aromatic rings. The molecule has 1 fully saturated rings. The number of nitrogens with two attached hydrogens (primary N) is 1. The lowest BCUT2D eigenvalue weighted by molar-refractivity contribution is -0.120. The largest absolute Gasteiger partial charge is 0.330 e. The van der Waals surface area contributed by atoms with Crippen molar-refractivity contribution in [1.29, 1.82) is 0 Å². The predicted octanol–water partition coefficient (Wildman–Crippen LogP) is 2.07. The van der Waals surface area contributed by atoms with Crippen LogP contribution < -0.4 is 11.1 Å². The second kappa shape index (κ2) is 5.14. The van der Waals surface area contributed by atoms with Crippen molar-refractivity contribution in [2.75, 3.05) is 11.9 Å². The van der Waals surface area contributed by atoms with Crippen LogP contribution in [0.15, 0.2) is 0 Å². The van der Waals surface area contributed by atoms with Gasteiger partial charge >= 0.3 is 0 Å². The fourth-order valence-electron chi connectivity index (χ4n) is 2.39. The fraction of sp³-hybridized carbons (Fsp3) is 0.667. The molecule has 2 rings (SSSR count). The number of aromatic nitrogens is 1. The molecule has 1 saturated carbocycles. The minimum atomic E-state index is 0.0736. The van der Waals surface area contributed by atoms with E-state index in [1.165, 1.54) is 11.3 Å². The summed E-state index contributed by atoms with van der Waals surface area (Å²) in [6.45, 7) is 4.58. The topological polar surface area (TPSA) is 68.0 Å². The molecule has 5 heteroatoms. The van der Waals surface area contributed by atoms with Crippen molar-refractivity contribution in [1.82, 2.24) is 4.98 Å². The van der Waals surface area contributed by atoms with Gasteiger partial charge in [0, 0.05) is 10.8 Å². The third kappa shape index (κ3) is 2.66. The monoisotopic (exact) mass is 253 g/mol. The van der Waals surface area contributed by atoms with E-state index in [-0.39, 0.29) is 11.8 Å². The normalized spacial score (nSPS) is 23.9. The minimum absolute atomic E-state index is 0.0736. The summed E-state index contributed by atoms with van der Waals surface area (Å²) in [7, 11) is 0. The Morgan fingerprint density at radius 3 is 2.88 bits per heavy atom. The molecule has 1 amide bonds. The number of carbonyl (C=O) groups excluding carboxylic acids is 1. The summed E-state index contributed by atoms with van der Waals surface area (Å²) in [5.74, 6) is 0.508. The number of hydrogen-bond donors (Lipinski definition) is 2. The highest BCUT2D eigenvalue weighted by atomic mass is 32.1. The summed E-state index contributed by atoms with van der Waals surface area (Å²) in [5.41, 5.74) is 6.68. The summed E-state index contributed by atoms with van der Waals surface area (Å²) in [5, 5.41) is 3.64. The molecule has 2 atom stereocenters. The van der Waals surface area contributed by atoms with Crippen LogP contribution in [-0.4, -0.2) is 17.4 Å². The number of anilines is 1. The Balaban J connectivity index is 2.01. The molecule has 1 heterocycles.